The molecule has 0 radical (unpaired) electrons. The fourth-order valence-electron chi connectivity index (χ4n) is 2.97. The molecule has 1 aliphatic rings. The van der Waals surface area contributed by atoms with Crippen molar-refractivity contribution in [2.24, 2.45) is 5.92 Å². The highest BCUT2D eigenvalue weighted by atomic mass is 19.4. The van der Waals surface area contributed by atoms with E-state index in [0.29, 0.717) is 23.8 Å². The highest BCUT2D eigenvalue weighted by Gasteiger charge is 2.36. The molecule has 0 bridgehead atoms. The van der Waals surface area contributed by atoms with Gasteiger partial charge in [0, 0.05) is 12.7 Å². The Kier molecular flexibility index (Phi) is 3.61. The zero-order valence-electron chi connectivity index (χ0n) is 11.7. The summed E-state index contributed by atoms with van der Waals surface area (Å²) >= 11 is 0. The quantitative estimate of drug-likeness (QED) is 0.927. The number of aryl methyl sites for hydroxylation is 1. The van der Waals surface area contributed by atoms with Crippen molar-refractivity contribution in [1.82, 2.24) is 19.9 Å². The Hall–Kier alpha value is -1.63. The predicted octanol–water partition coefficient (Wildman–Crippen LogP) is 2.76. The van der Waals surface area contributed by atoms with Crippen LogP contribution < -0.4 is 5.32 Å². The van der Waals surface area contributed by atoms with Crippen LogP contribution in [0.3, 0.4) is 0 Å². The second-order valence-corrected chi connectivity index (χ2v) is 5.54. The molecule has 2 aromatic rings. The van der Waals surface area contributed by atoms with E-state index in [0.717, 1.165) is 25.9 Å². The third kappa shape index (κ3) is 2.74. The van der Waals surface area contributed by atoms with E-state index in [4.69, 9.17) is 0 Å². The van der Waals surface area contributed by atoms with Crippen molar-refractivity contribution in [3.05, 3.63) is 23.8 Å². The van der Waals surface area contributed by atoms with Gasteiger partial charge in [0.1, 0.15) is 12.0 Å². The van der Waals surface area contributed by atoms with Gasteiger partial charge in [0.25, 0.3) is 0 Å². The summed E-state index contributed by atoms with van der Waals surface area (Å²) in [4.78, 5) is 7.99. The summed E-state index contributed by atoms with van der Waals surface area (Å²) in [5.74, 6) is 0.387. The number of halogens is 3. The lowest BCUT2D eigenvalue weighted by atomic mass is 9.98. The first-order valence-electron chi connectivity index (χ1n) is 7.05. The van der Waals surface area contributed by atoms with Crippen molar-refractivity contribution in [2.45, 2.75) is 32.5 Å². The molecule has 0 spiro atoms. The molecule has 0 atom stereocenters. The minimum absolute atomic E-state index is 0.124. The van der Waals surface area contributed by atoms with Crippen molar-refractivity contribution < 1.29 is 13.2 Å². The lowest BCUT2D eigenvalue weighted by molar-refractivity contribution is -0.136. The van der Waals surface area contributed by atoms with Gasteiger partial charge in [0.2, 0.25) is 0 Å². The Labute approximate surface area is 120 Å². The normalized spacial score (nSPS) is 17.5. The number of nitrogens with one attached hydrogen (secondary N) is 1. The number of hydrogen-bond donors (Lipinski definition) is 1. The molecule has 7 heteroatoms. The second-order valence-electron chi connectivity index (χ2n) is 5.54. The summed E-state index contributed by atoms with van der Waals surface area (Å²) in [6.45, 7) is 4.01. The van der Waals surface area contributed by atoms with Crippen molar-refractivity contribution >= 4 is 11.0 Å². The molecule has 1 saturated heterocycles. The molecule has 0 amide bonds. The van der Waals surface area contributed by atoms with Crippen LogP contribution in [0.1, 0.15) is 24.1 Å². The number of aromatic nitrogens is 3. The first-order chi connectivity index (χ1) is 9.97. The Morgan fingerprint density at radius 3 is 2.67 bits per heavy atom. The third-order valence-corrected chi connectivity index (χ3v) is 4.06. The average molecular weight is 298 g/mol. The number of alkyl halides is 3. The molecule has 0 unspecified atom stereocenters. The van der Waals surface area contributed by atoms with Crippen LogP contribution in [-0.2, 0) is 12.7 Å². The second kappa shape index (κ2) is 5.29. The van der Waals surface area contributed by atoms with E-state index in [1.165, 1.54) is 12.5 Å². The van der Waals surface area contributed by atoms with E-state index in [9.17, 15) is 13.2 Å². The number of rotatable bonds is 2. The summed E-state index contributed by atoms with van der Waals surface area (Å²) in [7, 11) is 0. The fourth-order valence-corrected chi connectivity index (χ4v) is 2.97. The van der Waals surface area contributed by atoms with Crippen LogP contribution in [-0.4, -0.2) is 27.6 Å². The van der Waals surface area contributed by atoms with Crippen molar-refractivity contribution in [3.63, 3.8) is 0 Å². The zero-order chi connectivity index (χ0) is 15.0. The molecule has 1 N–H and O–H groups in total. The number of hydrogen-bond acceptors (Lipinski definition) is 3. The fraction of sp³-hybridized carbons (Fsp3) is 0.571. The largest absolute Gasteiger partial charge is 0.418 e. The van der Waals surface area contributed by atoms with Gasteiger partial charge in [-0.05, 0) is 38.8 Å². The van der Waals surface area contributed by atoms with E-state index >= 15 is 0 Å². The lowest BCUT2D eigenvalue weighted by Crippen LogP contribution is -2.29. The maximum atomic E-state index is 13.2. The maximum absolute atomic E-state index is 13.2. The Bertz CT molecular complexity index is 641. The molecule has 4 nitrogen and oxygen atoms in total. The molecule has 3 heterocycles. The zero-order valence-corrected chi connectivity index (χ0v) is 11.7. The average Bonchev–Trinajstić information content (AvgIpc) is 2.80. The van der Waals surface area contributed by atoms with E-state index in [1.807, 2.05) is 0 Å². The minimum Gasteiger partial charge on any atom is -0.331 e. The highest BCUT2D eigenvalue weighted by Crippen LogP contribution is 2.36. The molecule has 0 saturated carbocycles. The molecule has 0 aromatic carbocycles. The Morgan fingerprint density at radius 1 is 1.29 bits per heavy atom. The Balaban J connectivity index is 2.04. The molecule has 1 fully saturated rings. The topological polar surface area (TPSA) is 42.7 Å². The molecular formula is C14H17F3N4. The van der Waals surface area contributed by atoms with Gasteiger partial charge in [-0.25, -0.2) is 9.97 Å². The molecule has 3 rings (SSSR count). The van der Waals surface area contributed by atoms with Crippen LogP contribution in [0.25, 0.3) is 11.0 Å². The van der Waals surface area contributed by atoms with Crippen molar-refractivity contribution in [1.29, 1.82) is 0 Å². The number of piperidine rings is 1. The van der Waals surface area contributed by atoms with Gasteiger partial charge in [0.05, 0.1) is 16.6 Å². The van der Waals surface area contributed by atoms with Gasteiger partial charge in [-0.15, -0.1) is 0 Å². The van der Waals surface area contributed by atoms with Crippen LogP contribution in [0.5, 0.6) is 0 Å². The molecule has 2 aromatic heterocycles. The monoisotopic (exact) mass is 298 g/mol. The van der Waals surface area contributed by atoms with E-state index in [1.54, 1.807) is 11.5 Å². The molecule has 114 valence electrons. The van der Waals surface area contributed by atoms with E-state index in [-0.39, 0.29) is 5.39 Å². The predicted molar refractivity (Wildman–Crippen MR) is 72.9 cm³/mol. The maximum Gasteiger partial charge on any atom is 0.418 e. The minimum atomic E-state index is -4.38. The van der Waals surface area contributed by atoms with Gasteiger partial charge in [-0.3, -0.25) is 0 Å². The van der Waals surface area contributed by atoms with Gasteiger partial charge < -0.3 is 9.88 Å². The summed E-state index contributed by atoms with van der Waals surface area (Å²) in [6, 6.07) is 0. The lowest BCUT2D eigenvalue weighted by Gasteiger charge is -2.23. The summed E-state index contributed by atoms with van der Waals surface area (Å²) in [5.41, 5.74) is 0.120. The van der Waals surface area contributed by atoms with Gasteiger partial charge in [0.15, 0.2) is 0 Å². The van der Waals surface area contributed by atoms with Crippen LogP contribution in [0.15, 0.2) is 12.5 Å². The molecule has 0 aliphatic carbocycles. The van der Waals surface area contributed by atoms with Gasteiger partial charge in [-0.2, -0.15) is 13.2 Å². The summed E-state index contributed by atoms with van der Waals surface area (Å²) < 4.78 is 41.3. The molecule has 21 heavy (non-hydrogen) atoms. The van der Waals surface area contributed by atoms with E-state index < -0.39 is 11.7 Å². The van der Waals surface area contributed by atoms with Crippen LogP contribution in [0.4, 0.5) is 13.2 Å². The van der Waals surface area contributed by atoms with Crippen LogP contribution in [0, 0.1) is 12.8 Å². The standard InChI is InChI=1S/C14H17F3N4/c1-9-12-11(14(15,16)17)7-21(13(12)20-8-19-9)6-10-2-4-18-5-3-10/h7-8,10,18H,2-6H2,1H3. The highest BCUT2D eigenvalue weighted by molar-refractivity contribution is 5.83. The van der Waals surface area contributed by atoms with Gasteiger partial charge in [-0.1, -0.05) is 0 Å². The number of nitrogens with zero attached hydrogens (tertiary/aromatic N) is 3. The first-order valence-corrected chi connectivity index (χ1v) is 7.05. The van der Waals surface area contributed by atoms with Crippen LogP contribution in [0.2, 0.25) is 0 Å². The van der Waals surface area contributed by atoms with Crippen molar-refractivity contribution in [3.8, 4) is 0 Å². The molecular weight excluding hydrogens is 281 g/mol. The molecule has 1 aliphatic heterocycles. The smallest absolute Gasteiger partial charge is 0.331 e. The summed E-state index contributed by atoms with van der Waals surface area (Å²) in [5, 5.41) is 3.39. The van der Waals surface area contributed by atoms with Crippen molar-refractivity contribution in [2.75, 3.05) is 13.1 Å². The first kappa shape index (κ1) is 14.3. The van der Waals surface area contributed by atoms with Crippen LogP contribution >= 0.6 is 0 Å². The number of fused-ring (bicyclic) bond motifs is 1. The van der Waals surface area contributed by atoms with E-state index in [2.05, 4.69) is 15.3 Å². The Morgan fingerprint density at radius 2 is 2.00 bits per heavy atom. The van der Waals surface area contributed by atoms with Gasteiger partial charge >= 0.3 is 6.18 Å². The SMILES string of the molecule is Cc1ncnc2c1c(C(F)(F)F)cn2CC1CCNCC1. The summed E-state index contributed by atoms with van der Waals surface area (Å²) in [6.07, 6.45) is 0.0917. The third-order valence-electron chi connectivity index (χ3n) is 4.06.